The van der Waals surface area contributed by atoms with Crippen molar-refractivity contribution in [2.45, 2.75) is 29.5 Å². The van der Waals surface area contributed by atoms with Crippen molar-refractivity contribution < 1.29 is 4.79 Å². The van der Waals surface area contributed by atoms with Crippen molar-refractivity contribution in [3.05, 3.63) is 29.8 Å². The van der Waals surface area contributed by atoms with E-state index in [9.17, 15) is 4.79 Å². The van der Waals surface area contributed by atoms with E-state index in [-0.39, 0.29) is 5.91 Å². The van der Waals surface area contributed by atoms with E-state index >= 15 is 0 Å². The van der Waals surface area contributed by atoms with Gasteiger partial charge in [0, 0.05) is 16.3 Å². The third-order valence-corrected chi connectivity index (χ3v) is 4.44. The van der Waals surface area contributed by atoms with E-state index in [1.165, 1.54) is 0 Å². The van der Waals surface area contributed by atoms with E-state index < -0.39 is 0 Å². The fourth-order valence-corrected chi connectivity index (χ4v) is 2.30. The minimum atomic E-state index is 0.0192. The minimum Gasteiger partial charge on any atom is -0.352 e. The summed E-state index contributed by atoms with van der Waals surface area (Å²) in [7, 11) is 0. The van der Waals surface area contributed by atoms with E-state index in [0.717, 1.165) is 23.3 Å². The van der Waals surface area contributed by atoms with Gasteiger partial charge >= 0.3 is 0 Å². The molecule has 1 rings (SSSR count). The summed E-state index contributed by atoms with van der Waals surface area (Å²) < 4.78 is 0. The van der Waals surface area contributed by atoms with Crippen molar-refractivity contribution in [2.75, 3.05) is 12.8 Å². The van der Waals surface area contributed by atoms with Crippen molar-refractivity contribution in [1.82, 2.24) is 5.32 Å². The molecule has 1 aromatic rings. The number of rotatable bonds is 6. The summed E-state index contributed by atoms with van der Waals surface area (Å²) in [6.07, 6.45) is 4.03. The number of hydrogen-bond acceptors (Lipinski definition) is 2. The lowest BCUT2D eigenvalue weighted by Gasteiger charge is -2.10. The topological polar surface area (TPSA) is 29.1 Å². The number of amides is 1. The number of thioether (sulfide) groups is 1. The Morgan fingerprint density at radius 2 is 2.18 bits per heavy atom. The van der Waals surface area contributed by atoms with Crippen molar-refractivity contribution in [2.24, 2.45) is 0 Å². The minimum absolute atomic E-state index is 0.0192. The molecule has 0 saturated heterocycles. The van der Waals surface area contributed by atoms with E-state index in [1.54, 1.807) is 11.8 Å². The second-order valence-corrected chi connectivity index (χ2v) is 5.89. The lowest BCUT2D eigenvalue weighted by atomic mass is 10.2. The molecule has 17 heavy (non-hydrogen) atoms. The van der Waals surface area contributed by atoms with Crippen molar-refractivity contribution >= 4 is 33.6 Å². The Kier molecular flexibility index (Phi) is 6.66. The number of nitrogens with one attached hydrogen (secondary N) is 1. The van der Waals surface area contributed by atoms with Gasteiger partial charge in [-0.05, 0) is 31.2 Å². The molecule has 94 valence electrons. The van der Waals surface area contributed by atoms with Gasteiger partial charge in [0.05, 0.1) is 5.56 Å². The molecule has 0 heterocycles. The number of benzene rings is 1. The molecule has 0 aliphatic rings. The number of carbonyl (C=O) groups is 1. The lowest BCUT2D eigenvalue weighted by molar-refractivity contribution is 0.0950. The van der Waals surface area contributed by atoms with Crippen LogP contribution in [0.4, 0.5) is 0 Å². The van der Waals surface area contributed by atoms with Crippen molar-refractivity contribution in [3.8, 4) is 0 Å². The smallest absolute Gasteiger partial charge is 0.252 e. The summed E-state index contributed by atoms with van der Waals surface area (Å²) >= 11 is 5.15. The van der Waals surface area contributed by atoms with Crippen LogP contribution in [0.2, 0.25) is 0 Å². The van der Waals surface area contributed by atoms with E-state index in [0.29, 0.717) is 11.4 Å². The molecule has 1 amide bonds. The molecule has 4 heteroatoms. The van der Waals surface area contributed by atoms with Crippen LogP contribution in [0.1, 0.15) is 30.1 Å². The Morgan fingerprint density at radius 1 is 1.47 bits per heavy atom. The number of halogens is 1. The third-order valence-electron chi connectivity index (χ3n) is 2.54. The van der Waals surface area contributed by atoms with Crippen LogP contribution in [-0.2, 0) is 0 Å². The van der Waals surface area contributed by atoms with Crippen molar-refractivity contribution in [1.29, 1.82) is 0 Å². The molecule has 1 atom stereocenters. The van der Waals surface area contributed by atoms with Gasteiger partial charge in [0.2, 0.25) is 0 Å². The average molecular weight is 316 g/mol. The standard InChI is InChI=1S/C13H18BrNOS/c1-3-10(14)8-9-15-13(16)11-6-4-5-7-12(11)17-2/h4-7,10H,3,8-9H2,1-2H3,(H,15,16). The Balaban J connectivity index is 2.52. The first kappa shape index (κ1) is 14.6. The fourth-order valence-electron chi connectivity index (χ4n) is 1.47. The number of carbonyl (C=O) groups excluding carboxylic acids is 1. The zero-order chi connectivity index (χ0) is 12.7. The van der Waals surface area contributed by atoms with Gasteiger partial charge in [-0.25, -0.2) is 0 Å². The van der Waals surface area contributed by atoms with Crippen molar-refractivity contribution in [3.63, 3.8) is 0 Å². The molecule has 0 aliphatic heterocycles. The molecule has 1 N–H and O–H groups in total. The molecular weight excluding hydrogens is 298 g/mol. The molecule has 2 nitrogen and oxygen atoms in total. The third kappa shape index (κ3) is 4.72. The average Bonchev–Trinajstić information content (AvgIpc) is 2.38. The van der Waals surface area contributed by atoms with Crippen LogP contribution in [-0.4, -0.2) is 23.5 Å². The van der Waals surface area contributed by atoms with Gasteiger partial charge < -0.3 is 5.32 Å². The summed E-state index contributed by atoms with van der Waals surface area (Å²) in [6, 6.07) is 7.69. The maximum absolute atomic E-state index is 12.0. The van der Waals surface area contributed by atoms with Crippen LogP contribution in [0.15, 0.2) is 29.2 Å². The molecule has 0 spiro atoms. The number of hydrogen-bond donors (Lipinski definition) is 1. The summed E-state index contributed by atoms with van der Waals surface area (Å²) in [5.41, 5.74) is 0.766. The second-order valence-electron chi connectivity index (χ2n) is 3.75. The maximum Gasteiger partial charge on any atom is 0.252 e. The van der Waals surface area contributed by atoms with Gasteiger partial charge in [-0.3, -0.25) is 4.79 Å². The van der Waals surface area contributed by atoms with E-state index in [1.807, 2.05) is 30.5 Å². The molecular formula is C13H18BrNOS. The van der Waals surface area contributed by atoms with Gasteiger partial charge in [0.25, 0.3) is 5.91 Å². The molecule has 0 saturated carbocycles. The van der Waals surface area contributed by atoms with Crippen LogP contribution in [0, 0.1) is 0 Å². The summed E-state index contributed by atoms with van der Waals surface area (Å²) in [5, 5.41) is 2.96. The highest BCUT2D eigenvalue weighted by molar-refractivity contribution is 9.09. The predicted molar refractivity (Wildman–Crippen MR) is 78.2 cm³/mol. The van der Waals surface area contributed by atoms with Gasteiger partial charge in [-0.15, -0.1) is 11.8 Å². The highest BCUT2D eigenvalue weighted by Crippen LogP contribution is 2.19. The predicted octanol–water partition coefficient (Wildman–Crippen LogP) is 3.70. The molecule has 0 aliphatic carbocycles. The largest absolute Gasteiger partial charge is 0.352 e. The fraction of sp³-hybridized carbons (Fsp3) is 0.462. The Bertz CT molecular complexity index is 370. The Labute approximate surface area is 116 Å². The monoisotopic (exact) mass is 315 g/mol. The van der Waals surface area contributed by atoms with Gasteiger partial charge in [-0.1, -0.05) is 35.0 Å². The van der Waals surface area contributed by atoms with Crippen LogP contribution in [0.5, 0.6) is 0 Å². The van der Waals surface area contributed by atoms with E-state index in [4.69, 9.17) is 0 Å². The highest BCUT2D eigenvalue weighted by atomic mass is 79.9. The Hall–Kier alpha value is -0.480. The first-order chi connectivity index (χ1) is 8.19. The molecule has 0 radical (unpaired) electrons. The second kappa shape index (κ2) is 7.77. The molecule has 0 bridgehead atoms. The summed E-state index contributed by atoms with van der Waals surface area (Å²) in [6.45, 7) is 2.84. The maximum atomic E-state index is 12.0. The van der Waals surface area contributed by atoms with E-state index in [2.05, 4.69) is 28.2 Å². The van der Waals surface area contributed by atoms with Gasteiger partial charge in [0.15, 0.2) is 0 Å². The highest BCUT2D eigenvalue weighted by Gasteiger charge is 2.10. The molecule has 0 fully saturated rings. The van der Waals surface area contributed by atoms with Crippen LogP contribution in [0.3, 0.4) is 0 Å². The van der Waals surface area contributed by atoms with Crippen LogP contribution < -0.4 is 5.32 Å². The zero-order valence-corrected chi connectivity index (χ0v) is 12.6. The molecule has 1 unspecified atom stereocenters. The Morgan fingerprint density at radius 3 is 2.82 bits per heavy atom. The van der Waals surface area contributed by atoms with Crippen LogP contribution >= 0.6 is 27.7 Å². The quantitative estimate of drug-likeness (QED) is 0.640. The van der Waals surface area contributed by atoms with Crippen LogP contribution in [0.25, 0.3) is 0 Å². The van der Waals surface area contributed by atoms with Gasteiger partial charge in [0.1, 0.15) is 0 Å². The summed E-state index contributed by atoms with van der Waals surface area (Å²) in [5.74, 6) is 0.0192. The summed E-state index contributed by atoms with van der Waals surface area (Å²) in [4.78, 5) is 13.5. The van der Waals surface area contributed by atoms with Gasteiger partial charge in [-0.2, -0.15) is 0 Å². The molecule has 0 aromatic heterocycles. The first-order valence-corrected chi connectivity index (χ1v) is 7.88. The number of alkyl halides is 1. The lowest BCUT2D eigenvalue weighted by Crippen LogP contribution is -2.26. The first-order valence-electron chi connectivity index (χ1n) is 5.74. The SMILES string of the molecule is CCC(Br)CCNC(=O)c1ccccc1SC. The molecule has 1 aromatic carbocycles. The normalized spacial score (nSPS) is 12.2. The zero-order valence-electron chi connectivity index (χ0n) is 10.2.